The molecule has 0 aliphatic heterocycles. The van der Waals surface area contributed by atoms with Crippen LogP contribution in [0, 0.1) is 0 Å². The molecule has 0 aromatic heterocycles. The SMILES string of the molecule is C=CCN(CCC)S(=O)(=O)C(C)C(=O)O. The van der Waals surface area contributed by atoms with Crippen LogP contribution in [0.5, 0.6) is 0 Å². The lowest BCUT2D eigenvalue weighted by Crippen LogP contribution is -2.41. The van der Waals surface area contributed by atoms with Crippen LogP contribution in [0.4, 0.5) is 0 Å². The van der Waals surface area contributed by atoms with Gasteiger partial charge in [0.25, 0.3) is 0 Å². The van der Waals surface area contributed by atoms with Gasteiger partial charge in [-0.25, -0.2) is 8.42 Å². The highest BCUT2D eigenvalue weighted by Crippen LogP contribution is 2.10. The number of hydrogen-bond donors (Lipinski definition) is 1. The quantitative estimate of drug-likeness (QED) is 0.659. The van der Waals surface area contributed by atoms with Crippen molar-refractivity contribution in [3.8, 4) is 0 Å². The molecule has 0 radical (unpaired) electrons. The first kappa shape index (κ1) is 14.1. The van der Waals surface area contributed by atoms with Crippen molar-refractivity contribution in [2.45, 2.75) is 25.5 Å². The Hall–Kier alpha value is -0.880. The molecular weight excluding hydrogens is 218 g/mol. The molecule has 0 aliphatic rings. The van der Waals surface area contributed by atoms with Crippen molar-refractivity contribution >= 4 is 16.0 Å². The van der Waals surface area contributed by atoms with E-state index in [4.69, 9.17) is 5.11 Å². The Balaban J connectivity index is 4.93. The molecule has 0 saturated carbocycles. The molecule has 0 heterocycles. The largest absolute Gasteiger partial charge is 0.480 e. The lowest BCUT2D eigenvalue weighted by molar-refractivity contribution is -0.136. The average molecular weight is 235 g/mol. The summed E-state index contributed by atoms with van der Waals surface area (Å²) in [6, 6.07) is 0. The highest BCUT2D eigenvalue weighted by atomic mass is 32.2. The Bertz CT molecular complexity index is 323. The van der Waals surface area contributed by atoms with E-state index in [0.29, 0.717) is 13.0 Å². The third kappa shape index (κ3) is 3.64. The van der Waals surface area contributed by atoms with Gasteiger partial charge in [0.1, 0.15) is 0 Å². The standard InChI is InChI=1S/C9H17NO4S/c1-4-6-10(7-5-2)15(13,14)8(3)9(11)12/h4,8H,1,5-7H2,2-3H3,(H,11,12). The molecule has 0 rings (SSSR count). The fraction of sp³-hybridized carbons (Fsp3) is 0.667. The van der Waals surface area contributed by atoms with Crippen LogP contribution in [0.1, 0.15) is 20.3 Å². The summed E-state index contributed by atoms with van der Waals surface area (Å²) >= 11 is 0. The van der Waals surface area contributed by atoms with E-state index >= 15 is 0 Å². The van der Waals surface area contributed by atoms with E-state index in [0.717, 1.165) is 4.31 Å². The lowest BCUT2D eigenvalue weighted by atomic mass is 10.5. The Morgan fingerprint density at radius 1 is 1.60 bits per heavy atom. The second-order valence-electron chi connectivity index (χ2n) is 3.17. The number of rotatable bonds is 7. The lowest BCUT2D eigenvalue weighted by Gasteiger charge is -2.22. The number of aliphatic carboxylic acids is 1. The average Bonchev–Trinajstić information content (AvgIpc) is 2.16. The predicted molar refractivity (Wildman–Crippen MR) is 58.1 cm³/mol. The van der Waals surface area contributed by atoms with Crippen molar-refractivity contribution < 1.29 is 18.3 Å². The van der Waals surface area contributed by atoms with Crippen molar-refractivity contribution in [1.82, 2.24) is 4.31 Å². The topological polar surface area (TPSA) is 74.7 Å². The summed E-state index contributed by atoms with van der Waals surface area (Å²) < 4.78 is 24.6. The summed E-state index contributed by atoms with van der Waals surface area (Å²) in [5.74, 6) is -1.33. The number of carboxylic acid groups (broad SMARTS) is 1. The van der Waals surface area contributed by atoms with E-state index < -0.39 is 21.2 Å². The molecule has 1 unspecified atom stereocenters. The molecule has 1 atom stereocenters. The molecule has 0 spiro atoms. The minimum Gasteiger partial charge on any atom is -0.480 e. The summed E-state index contributed by atoms with van der Waals surface area (Å²) in [6.07, 6.45) is 2.08. The zero-order chi connectivity index (χ0) is 12.1. The minimum atomic E-state index is -3.76. The van der Waals surface area contributed by atoms with Crippen LogP contribution in [0.25, 0.3) is 0 Å². The van der Waals surface area contributed by atoms with Crippen molar-refractivity contribution in [3.63, 3.8) is 0 Å². The van der Waals surface area contributed by atoms with E-state index in [1.165, 1.54) is 13.0 Å². The number of carboxylic acids is 1. The predicted octanol–water partition coefficient (Wildman–Crippen LogP) is 0.687. The molecule has 15 heavy (non-hydrogen) atoms. The smallest absolute Gasteiger partial charge is 0.323 e. The van der Waals surface area contributed by atoms with Gasteiger partial charge >= 0.3 is 5.97 Å². The monoisotopic (exact) mass is 235 g/mol. The maximum atomic E-state index is 11.7. The molecule has 6 heteroatoms. The molecule has 0 aliphatic carbocycles. The maximum absolute atomic E-state index is 11.7. The normalized spacial score (nSPS) is 13.8. The Kier molecular flexibility index (Phi) is 5.53. The van der Waals surface area contributed by atoms with E-state index in [1.54, 1.807) is 0 Å². The number of hydrogen-bond acceptors (Lipinski definition) is 3. The molecule has 0 fully saturated rings. The van der Waals surface area contributed by atoms with Gasteiger partial charge in [0.2, 0.25) is 10.0 Å². The second kappa shape index (κ2) is 5.87. The Labute approximate surface area is 90.4 Å². The van der Waals surface area contributed by atoms with Gasteiger partial charge in [0.15, 0.2) is 5.25 Å². The first-order valence-corrected chi connectivity index (χ1v) is 6.20. The molecular formula is C9H17NO4S. The van der Waals surface area contributed by atoms with Gasteiger partial charge in [-0.1, -0.05) is 13.0 Å². The first-order chi connectivity index (χ1) is 6.87. The number of nitrogens with zero attached hydrogens (tertiary/aromatic N) is 1. The van der Waals surface area contributed by atoms with Gasteiger partial charge in [-0.3, -0.25) is 4.79 Å². The summed E-state index contributed by atoms with van der Waals surface area (Å²) in [4.78, 5) is 10.6. The molecule has 88 valence electrons. The van der Waals surface area contributed by atoms with Gasteiger partial charge in [-0.2, -0.15) is 4.31 Å². The van der Waals surface area contributed by atoms with E-state index in [2.05, 4.69) is 6.58 Å². The van der Waals surface area contributed by atoms with Crippen LogP contribution in [-0.4, -0.2) is 42.1 Å². The third-order valence-electron chi connectivity index (χ3n) is 1.96. The first-order valence-electron chi connectivity index (χ1n) is 4.70. The maximum Gasteiger partial charge on any atom is 0.323 e. The molecule has 5 nitrogen and oxygen atoms in total. The van der Waals surface area contributed by atoms with Gasteiger partial charge in [-0.05, 0) is 13.3 Å². The molecule has 0 aromatic carbocycles. The Morgan fingerprint density at radius 3 is 2.47 bits per heavy atom. The Morgan fingerprint density at radius 2 is 2.13 bits per heavy atom. The molecule has 0 aromatic rings. The van der Waals surface area contributed by atoms with Crippen LogP contribution >= 0.6 is 0 Å². The van der Waals surface area contributed by atoms with Gasteiger partial charge in [0.05, 0.1) is 0 Å². The highest BCUT2D eigenvalue weighted by Gasteiger charge is 2.32. The zero-order valence-corrected chi connectivity index (χ0v) is 9.83. The van der Waals surface area contributed by atoms with Crippen LogP contribution in [0.3, 0.4) is 0 Å². The summed E-state index contributed by atoms with van der Waals surface area (Å²) in [7, 11) is -3.76. The summed E-state index contributed by atoms with van der Waals surface area (Å²) in [5.41, 5.74) is 0. The van der Waals surface area contributed by atoms with Gasteiger partial charge in [0, 0.05) is 13.1 Å². The van der Waals surface area contributed by atoms with Crippen molar-refractivity contribution in [2.24, 2.45) is 0 Å². The molecule has 0 amide bonds. The van der Waals surface area contributed by atoms with Crippen LogP contribution in [0.15, 0.2) is 12.7 Å². The van der Waals surface area contributed by atoms with Crippen molar-refractivity contribution in [1.29, 1.82) is 0 Å². The van der Waals surface area contributed by atoms with Crippen LogP contribution < -0.4 is 0 Å². The molecule has 0 bridgehead atoms. The van der Waals surface area contributed by atoms with Gasteiger partial charge in [-0.15, -0.1) is 6.58 Å². The van der Waals surface area contributed by atoms with Crippen molar-refractivity contribution in [2.75, 3.05) is 13.1 Å². The second-order valence-corrected chi connectivity index (χ2v) is 5.43. The summed E-state index contributed by atoms with van der Waals surface area (Å²) in [6.45, 7) is 6.91. The van der Waals surface area contributed by atoms with E-state index in [9.17, 15) is 13.2 Å². The fourth-order valence-electron chi connectivity index (χ4n) is 1.07. The third-order valence-corrected chi connectivity index (χ3v) is 4.11. The highest BCUT2D eigenvalue weighted by molar-refractivity contribution is 7.90. The van der Waals surface area contributed by atoms with E-state index in [1.807, 2.05) is 6.92 Å². The summed E-state index contributed by atoms with van der Waals surface area (Å²) in [5, 5.41) is 7.26. The van der Waals surface area contributed by atoms with E-state index in [-0.39, 0.29) is 6.54 Å². The van der Waals surface area contributed by atoms with Crippen LogP contribution in [0.2, 0.25) is 0 Å². The zero-order valence-electron chi connectivity index (χ0n) is 9.01. The number of sulfonamides is 1. The van der Waals surface area contributed by atoms with Gasteiger partial charge < -0.3 is 5.11 Å². The van der Waals surface area contributed by atoms with Crippen molar-refractivity contribution in [3.05, 3.63) is 12.7 Å². The molecule has 0 saturated heterocycles. The fourth-order valence-corrected chi connectivity index (χ4v) is 2.52. The number of carbonyl (C=O) groups is 1. The minimum absolute atomic E-state index is 0.147. The molecule has 1 N–H and O–H groups in total. The van der Waals surface area contributed by atoms with Crippen LogP contribution in [-0.2, 0) is 14.8 Å².